The summed E-state index contributed by atoms with van der Waals surface area (Å²) in [6, 6.07) is 2.07. The largest absolute Gasteiger partial charge is 0.309 e. The van der Waals surface area contributed by atoms with Gasteiger partial charge in [0.25, 0.3) is 0 Å². The molecule has 2 rings (SSSR count). The van der Waals surface area contributed by atoms with E-state index in [0.29, 0.717) is 0 Å². The van der Waals surface area contributed by atoms with E-state index < -0.39 is 5.54 Å². The van der Waals surface area contributed by atoms with Crippen LogP contribution in [0.5, 0.6) is 0 Å². The first kappa shape index (κ1) is 12.1. The number of aromatic nitrogens is 2. The smallest absolute Gasteiger partial charge is 0.245 e. The maximum Gasteiger partial charge on any atom is 0.245 e. The molecule has 0 spiro atoms. The lowest BCUT2D eigenvalue weighted by molar-refractivity contribution is -0.121. The van der Waals surface area contributed by atoms with E-state index in [0.717, 1.165) is 25.2 Å². The molecule has 0 bridgehead atoms. The van der Waals surface area contributed by atoms with Gasteiger partial charge in [0.15, 0.2) is 0 Å². The van der Waals surface area contributed by atoms with Crippen molar-refractivity contribution < 1.29 is 4.79 Å². The number of hydrogen-bond donors (Lipinski definition) is 2. The average molecular weight is 236 g/mol. The van der Waals surface area contributed by atoms with E-state index in [4.69, 9.17) is 0 Å². The summed E-state index contributed by atoms with van der Waals surface area (Å²) in [7, 11) is 0. The molecule has 1 aromatic rings. The van der Waals surface area contributed by atoms with Gasteiger partial charge in [-0.3, -0.25) is 4.79 Å². The first-order chi connectivity index (χ1) is 8.03. The Labute approximate surface area is 102 Å². The molecule has 2 N–H and O–H groups in total. The van der Waals surface area contributed by atoms with Gasteiger partial charge in [-0.1, -0.05) is 0 Å². The van der Waals surface area contributed by atoms with Gasteiger partial charge >= 0.3 is 0 Å². The summed E-state index contributed by atoms with van der Waals surface area (Å²) in [5, 5.41) is 10.4. The number of hydrogen-bond acceptors (Lipinski definition) is 3. The second-order valence-electron chi connectivity index (χ2n) is 5.07. The van der Waals surface area contributed by atoms with E-state index in [-0.39, 0.29) is 11.9 Å². The lowest BCUT2D eigenvalue weighted by Crippen LogP contribution is -2.48. The summed E-state index contributed by atoms with van der Waals surface area (Å²) in [5.74, 6) is 0.789. The molecule has 1 unspecified atom stereocenters. The standard InChI is InChI=1S/C12H20N4O/c1-9(2)16-10(5-8-14-16)15-11(17)12(3)6-4-7-13-12/h5,8-9,13H,4,6-7H2,1-3H3,(H,15,17). The first-order valence-corrected chi connectivity index (χ1v) is 6.13. The van der Waals surface area contributed by atoms with Crippen molar-refractivity contribution in [1.29, 1.82) is 0 Å². The van der Waals surface area contributed by atoms with E-state index in [1.807, 2.05) is 31.5 Å². The van der Waals surface area contributed by atoms with Crippen LogP contribution in [0.15, 0.2) is 12.3 Å². The molecule has 0 saturated carbocycles. The third-order valence-electron chi connectivity index (χ3n) is 3.27. The molecular weight excluding hydrogens is 216 g/mol. The molecule has 0 aromatic carbocycles. The van der Waals surface area contributed by atoms with Gasteiger partial charge < -0.3 is 10.6 Å². The monoisotopic (exact) mass is 236 g/mol. The summed E-state index contributed by atoms with van der Waals surface area (Å²) in [6.07, 6.45) is 3.64. The second-order valence-corrected chi connectivity index (χ2v) is 5.07. The minimum Gasteiger partial charge on any atom is -0.309 e. The van der Waals surface area contributed by atoms with Crippen LogP contribution < -0.4 is 10.6 Å². The number of amides is 1. The third-order valence-corrected chi connectivity index (χ3v) is 3.27. The number of carbonyl (C=O) groups excluding carboxylic acids is 1. The van der Waals surface area contributed by atoms with Crippen molar-refractivity contribution >= 4 is 11.7 Å². The Bertz CT molecular complexity index is 404. The Hall–Kier alpha value is -1.36. The number of nitrogens with zero attached hydrogens (tertiary/aromatic N) is 2. The maximum absolute atomic E-state index is 12.2. The third kappa shape index (κ3) is 2.34. The predicted molar refractivity (Wildman–Crippen MR) is 66.9 cm³/mol. The van der Waals surface area contributed by atoms with Crippen molar-refractivity contribution in [3.05, 3.63) is 12.3 Å². The summed E-state index contributed by atoms with van der Waals surface area (Å²) >= 11 is 0. The van der Waals surface area contributed by atoms with Crippen LogP contribution in [-0.4, -0.2) is 27.8 Å². The number of carbonyl (C=O) groups is 1. The molecule has 0 radical (unpaired) electrons. The fraction of sp³-hybridized carbons (Fsp3) is 0.667. The molecule has 1 saturated heterocycles. The molecule has 17 heavy (non-hydrogen) atoms. The Morgan fingerprint density at radius 2 is 2.41 bits per heavy atom. The normalized spacial score (nSPS) is 24.2. The zero-order valence-corrected chi connectivity index (χ0v) is 10.7. The van der Waals surface area contributed by atoms with Crippen molar-refractivity contribution in [3.8, 4) is 0 Å². The van der Waals surface area contributed by atoms with Crippen LogP contribution in [0.25, 0.3) is 0 Å². The van der Waals surface area contributed by atoms with Crippen molar-refractivity contribution in [1.82, 2.24) is 15.1 Å². The molecule has 1 aliphatic rings. The average Bonchev–Trinajstić information content (AvgIpc) is 2.87. The Morgan fingerprint density at radius 3 is 3.00 bits per heavy atom. The van der Waals surface area contributed by atoms with Crippen LogP contribution >= 0.6 is 0 Å². The van der Waals surface area contributed by atoms with Crippen molar-refractivity contribution in [2.75, 3.05) is 11.9 Å². The Balaban J connectivity index is 2.10. The number of rotatable bonds is 3. The van der Waals surface area contributed by atoms with Crippen LogP contribution in [0, 0.1) is 0 Å². The maximum atomic E-state index is 12.2. The van der Waals surface area contributed by atoms with Gasteiger partial charge in [-0.15, -0.1) is 0 Å². The zero-order chi connectivity index (χ0) is 12.5. The molecule has 94 valence electrons. The summed E-state index contributed by atoms with van der Waals surface area (Å²) in [6.45, 7) is 6.94. The topological polar surface area (TPSA) is 59.0 Å². The summed E-state index contributed by atoms with van der Waals surface area (Å²) in [5.41, 5.74) is -0.438. The zero-order valence-electron chi connectivity index (χ0n) is 10.7. The van der Waals surface area contributed by atoms with Gasteiger partial charge in [0.1, 0.15) is 5.82 Å². The van der Waals surface area contributed by atoms with E-state index in [2.05, 4.69) is 15.7 Å². The van der Waals surface area contributed by atoms with Gasteiger partial charge in [0.05, 0.1) is 11.7 Å². The lowest BCUT2D eigenvalue weighted by Gasteiger charge is -2.23. The van der Waals surface area contributed by atoms with Crippen LogP contribution in [0.3, 0.4) is 0 Å². The SMILES string of the molecule is CC(C)n1nccc1NC(=O)C1(C)CCCN1. The fourth-order valence-electron chi connectivity index (χ4n) is 2.17. The van der Waals surface area contributed by atoms with Crippen LogP contribution in [0.1, 0.15) is 39.7 Å². The van der Waals surface area contributed by atoms with Gasteiger partial charge in [-0.25, -0.2) is 4.68 Å². The molecule has 1 aromatic heterocycles. The minimum absolute atomic E-state index is 0.0254. The number of nitrogens with one attached hydrogen (secondary N) is 2. The number of anilines is 1. The van der Waals surface area contributed by atoms with E-state index in [9.17, 15) is 4.79 Å². The highest BCUT2D eigenvalue weighted by molar-refractivity contribution is 5.97. The first-order valence-electron chi connectivity index (χ1n) is 6.13. The quantitative estimate of drug-likeness (QED) is 0.837. The fourth-order valence-corrected chi connectivity index (χ4v) is 2.17. The molecule has 5 nitrogen and oxygen atoms in total. The summed E-state index contributed by atoms with van der Waals surface area (Å²) < 4.78 is 1.82. The van der Waals surface area contributed by atoms with Gasteiger partial charge in [0.2, 0.25) is 5.91 Å². The molecule has 1 atom stereocenters. The van der Waals surface area contributed by atoms with Gasteiger partial charge in [0, 0.05) is 12.1 Å². The minimum atomic E-state index is -0.438. The molecule has 2 heterocycles. The van der Waals surface area contributed by atoms with E-state index in [1.165, 1.54) is 0 Å². The Morgan fingerprint density at radius 1 is 1.65 bits per heavy atom. The lowest BCUT2D eigenvalue weighted by atomic mass is 9.99. The highest BCUT2D eigenvalue weighted by Gasteiger charge is 2.36. The van der Waals surface area contributed by atoms with Crippen LogP contribution in [0.2, 0.25) is 0 Å². The highest BCUT2D eigenvalue weighted by Crippen LogP contribution is 2.21. The van der Waals surface area contributed by atoms with Crippen molar-refractivity contribution in [2.45, 2.75) is 45.2 Å². The molecular formula is C12H20N4O. The Kier molecular flexibility index (Phi) is 3.19. The van der Waals surface area contributed by atoms with Crippen molar-refractivity contribution in [2.24, 2.45) is 0 Å². The summed E-state index contributed by atoms with van der Waals surface area (Å²) in [4.78, 5) is 12.2. The molecule has 1 amide bonds. The molecule has 1 fully saturated rings. The van der Waals surface area contributed by atoms with Crippen LogP contribution in [-0.2, 0) is 4.79 Å². The molecule has 1 aliphatic heterocycles. The van der Waals surface area contributed by atoms with Crippen LogP contribution in [0.4, 0.5) is 5.82 Å². The highest BCUT2D eigenvalue weighted by atomic mass is 16.2. The molecule has 5 heteroatoms. The predicted octanol–water partition coefficient (Wildman–Crippen LogP) is 1.54. The second kappa shape index (κ2) is 4.49. The van der Waals surface area contributed by atoms with E-state index >= 15 is 0 Å². The van der Waals surface area contributed by atoms with Gasteiger partial charge in [-0.05, 0) is 40.2 Å². The van der Waals surface area contributed by atoms with Gasteiger partial charge in [-0.2, -0.15) is 5.10 Å². The van der Waals surface area contributed by atoms with Crippen molar-refractivity contribution in [3.63, 3.8) is 0 Å². The van der Waals surface area contributed by atoms with E-state index in [1.54, 1.807) is 6.20 Å². The molecule has 0 aliphatic carbocycles.